The van der Waals surface area contributed by atoms with Crippen LogP contribution in [0.3, 0.4) is 0 Å². The number of nitrogens with one attached hydrogen (secondary N) is 3. The van der Waals surface area contributed by atoms with Gasteiger partial charge in [-0.05, 0) is 43.2 Å². The second kappa shape index (κ2) is 8.15. The van der Waals surface area contributed by atoms with E-state index in [2.05, 4.69) is 27.0 Å². The van der Waals surface area contributed by atoms with Gasteiger partial charge in [0.1, 0.15) is 5.82 Å². The zero-order valence-electron chi connectivity index (χ0n) is 14.0. The maximum absolute atomic E-state index is 12.0. The minimum absolute atomic E-state index is 0.207. The molecule has 1 aliphatic rings. The van der Waals surface area contributed by atoms with E-state index < -0.39 is 0 Å². The van der Waals surface area contributed by atoms with Crippen LogP contribution in [0, 0.1) is 11.3 Å². The molecule has 6 nitrogen and oxygen atoms in total. The molecule has 0 spiro atoms. The van der Waals surface area contributed by atoms with E-state index in [1.807, 2.05) is 18.2 Å². The third-order valence-electron chi connectivity index (χ3n) is 4.23. The zero-order valence-corrected chi connectivity index (χ0v) is 14.0. The number of carbonyl (C=O) groups excluding carboxylic acids is 1. The SMILES string of the molecule is N#Cc1cccc(Nc2ccc(NC(=O)NC3CCCCC3)nc2)c1. The predicted octanol–water partition coefficient (Wildman–Crippen LogP) is 4.15. The van der Waals surface area contributed by atoms with Gasteiger partial charge in [0.25, 0.3) is 0 Å². The van der Waals surface area contributed by atoms with Crippen molar-refractivity contribution in [2.75, 3.05) is 10.6 Å². The van der Waals surface area contributed by atoms with Crippen molar-refractivity contribution in [2.45, 2.75) is 38.1 Å². The van der Waals surface area contributed by atoms with Gasteiger partial charge in [0, 0.05) is 11.7 Å². The molecule has 25 heavy (non-hydrogen) atoms. The van der Waals surface area contributed by atoms with Crippen LogP contribution in [-0.4, -0.2) is 17.1 Å². The number of amides is 2. The minimum Gasteiger partial charge on any atom is -0.354 e. The van der Waals surface area contributed by atoms with E-state index in [1.54, 1.807) is 24.4 Å². The van der Waals surface area contributed by atoms with Gasteiger partial charge in [-0.1, -0.05) is 25.3 Å². The van der Waals surface area contributed by atoms with Crippen LogP contribution in [0.5, 0.6) is 0 Å². The fourth-order valence-electron chi connectivity index (χ4n) is 2.96. The van der Waals surface area contributed by atoms with Crippen molar-refractivity contribution >= 4 is 23.2 Å². The largest absolute Gasteiger partial charge is 0.354 e. The molecule has 1 saturated carbocycles. The first-order valence-electron chi connectivity index (χ1n) is 8.54. The summed E-state index contributed by atoms with van der Waals surface area (Å²) in [4.78, 5) is 16.3. The lowest BCUT2D eigenvalue weighted by molar-refractivity contribution is 0.244. The number of nitrogens with zero attached hydrogens (tertiary/aromatic N) is 2. The number of rotatable bonds is 4. The molecule has 0 unspecified atom stereocenters. The summed E-state index contributed by atoms with van der Waals surface area (Å²) in [7, 11) is 0. The Morgan fingerprint density at radius 1 is 1.12 bits per heavy atom. The fraction of sp³-hybridized carbons (Fsp3) is 0.316. The number of pyridine rings is 1. The summed E-state index contributed by atoms with van der Waals surface area (Å²) in [5.74, 6) is 0.504. The van der Waals surface area contributed by atoms with Crippen molar-refractivity contribution in [1.29, 1.82) is 5.26 Å². The lowest BCUT2D eigenvalue weighted by atomic mass is 9.96. The summed E-state index contributed by atoms with van der Waals surface area (Å²) in [6.45, 7) is 0. The quantitative estimate of drug-likeness (QED) is 0.783. The van der Waals surface area contributed by atoms with E-state index >= 15 is 0 Å². The summed E-state index contributed by atoms with van der Waals surface area (Å²) in [5, 5.41) is 17.9. The number of anilines is 3. The standard InChI is InChI=1S/C19H21N5O/c20-12-14-5-4-8-16(11-14)22-17-9-10-18(21-13-17)24-19(25)23-15-6-2-1-3-7-15/h4-5,8-11,13,15,22H,1-3,6-7H2,(H2,21,23,24,25). The van der Waals surface area contributed by atoms with Crippen LogP contribution in [0.1, 0.15) is 37.7 Å². The Morgan fingerprint density at radius 3 is 2.68 bits per heavy atom. The number of urea groups is 1. The summed E-state index contributed by atoms with van der Waals surface area (Å²) in [5.41, 5.74) is 2.19. The Hall–Kier alpha value is -3.07. The van der Waals surface area contributed by atoms with E-state index in [9.17, 15) is 4.79 Å². The average molecular weight is 335 g/mol. The summed E-state index contributed by atoms with van der Waals surface area (Å²) in [6.07, 6.45) is 7.35. The van der Waals surface area contributed by atoms with Crippen LogP contribution in [0.2, 0.25) is 0 Å². The highest BCUT2D eigenvalue weighted by atomic mass is 16.2. The molecule has 1 aliphatic carbocycles. The Balaban J connectivity index is 1.54. The highest BCUT2D eigenvalue weighted by Crippen LogP contribution is 2.19. The predicted molar refractivity (Wildman–Crippen MR) is 97.7 cm³/mol. The molecule has 3 rings (SSSR count). The molecule has 0 radical (unpaired) electrons. The smallest absolute Gasteiger partial charge is 0.320 e. The lowest BCUT2D eigenvalue weighted by Crippen LogP contribution is -2.39. The van der Waals surface area contributed by atoms with Crippen LogP contribution < -0.4 is 16.0 Å². The molecule has 1 fully saturated rings. The van der Waals surface area contributed by atoms with E-state index in [1.165, 1.54) is 19.3 Å². The van der Waals surface area contributed by atoms with Gasteiger partial charge in [-0.3, -0.25) is 5.32 Å². The first kappa shape index (κ1) is 16.8. The highest BCUT2D eigenvalue weighted by Gasteiger charge is 2.15. The van der Waals surface area contributed by atoms with Crippen LogP contribution in [-0.2, 0) is 0 Å². The van der Waals surface area contributed by atoms with Gasteiger partial charge in [-0.25, -0.2) is 9.78 Å². The second-order valence-electron chi connectivity index (χ2n) is 6.18. The second-order valence-corrected chi connectivity index (χ2v) is 6.18. The van der Waals surface area contributed by atoms with Crippen molar-refractivity contribution in [1.82, 2.24) is 10.3 Å². The third-order valence-corrected chi connectivity index (χ3v) is 4.23. The molecular formula is C19H21N5O. The molecule has 128 valence electrons. The maximum atomic E-state index is 12.0. The van der Waals surface area contributed by atoms with E-state index in [0.29, 0.717) is 11.4 Å². The molecule has 1 aromatic carbocycles. The van der Waals surface area contributed by atoms with Crippen molar-refractivity contribution in [3.05, 3.63) is 48.2 Å². The van der Waals surface area contributed by atoms with Crippen molar-refractivity contribution < 1.29 is 4.79 Å². The number of carbonyl (C=O) groups is 1. The molecule has 2 aromatic rings. The first-order chi connectivity index (χ1) is 12.2. The Labute approximate surface area is 147 Å². The van der Waals surface area contributed by atoms with Crippen LogP contribution in [0.4, 0.5) is 22.0 Å². The zero-order chi connectivity index (χ0) is 17.5. The monoisotopic (exact) mass is 335 g/mol. The van der Waals surface area contributed by atoms with Gasteiger partial charge in [0.05, 0.1) is 23.5 Å². The van der Waals surface area contributed by atoms with Gasteiger partial charge in [-0.2, -0.15) is 5.26 Å². The Morgan fingerprint density at radius 2 is 1.96 bits per heavy atom. The number of nitriles is 1. The average Bonchev–Trinajstić information content (AvgIpc) is 2.64. The number of aromatic nitrogens is 1. The molecule has 0 bridgehead atoms. The van der Waals surface area contributed by atoms with Crippen molar-refractivity contribution in [3.63, 3.8) is 0 Å². The van der Waals surface area contributed by atoms with E-state index in [4.69, 9.17) is 5.26 Å². The van der Waals surface area contributed by atoms with Crippen LogP contribution in [0.15, 0.2) is 42.6 Å². The molecule has 0 atom stereocenters. The van der Waals surface area contributed by atoms with Crippen LogP contribution in [0.25, 0.3) is 0 Å². The number of hydrogen-bond acceptors (Lipinski definition) is 4. The van der Waals surface area contributed by atoms with Crippen molar-refractivity contribution in [2.24, 2.45) is 0 Å². The molecule has 1 heterocycles. The molecule has 3 N–H and O–H groups in total. The van der Waals surface area contributed by atoms with Gasteiger partial charge in [0.15, 0.2) is 0 Å². The molecule has 2 amide bonds. The molecule has 0 saturated heterocycles. The topological polar surface area (TPSA) is 89.8 Å². The van der Waals surface area contributed by atoms with Gasteiger partial charge < -0.3 is 10.6 Å². The maximum Gasteiger partial charge on any atom is 0.320 e. The van der Waals surface area contributed by atoms with Gasteiger partial charge >= 0.3 is 6.03 Å². The highest BCUT2D eigenvalue weighted by molar-refractivity contribution is 5.88. The molecule has 6 heteroatoms. The fourth-order valence-corrected chi connectivity index (χ4v) is 2.96. The number of hydrogen-bond donors (Lipinski definition) is 3. The minimum atomic E-state index is -0.207. The Bertz CT molecular complexity index is 760. The van der Waals surface area contributed by atoms with Gasteiger partial charge in [0.2, 0.25) is 0 Å². The van der Waals surface area contributed by atoms with Crippen LogP contribution >= 0.6 is 0 Å². The van der Waals surface area contributed by atoms with E-state index in [-0.39, 0.29) is 12.1 Å². The lowest BCUT2D eigenvalue weighted by Gasteiger charge is -2.22. The summed E-state index contributed by atoms with van der Waals surface area (Å²) >= 11 is 0. The number of benzene rings is 1. The Kier molecular flexibility index (Phi) is 5.47. The van der Waals surface area contributed by atoms with E-state index in [0.717, 1.165) is 24.2 Å². The third kappa shape index (κ3) is 4.95. The summed E-state index contributed by atoms with van der Waals surface area (Å²) in [6, 6.07) is 13.0. The normalized spacial score (nSPS) is 14.4. The molecule has 0 aliphatic heterocycles. The first-order valence-corrected chi connectivity index (χ1v) is 8.54. The molecule has 1 aromatic heterocycles. The summed E-state index contributed by atoms with van der Waals surface area (Å²) < 4.78 is 0. The van der Waals surface area contributed by atoms with Gasteiger partial charge in [-0.15, -0.1) is 0 Å². The molecular weight excluding hydrogens is 314 g/mol. The van der Waals surface area contributed by atoms with Crippen molar-refractivity contribution in [3.8, 4) is 6.07 Å².